The summed E-state index contributed by atoms with van der Waals surface area (Å²) in [5.74, 6) is 0. The average Bonchev–Trinajstić information content (AvgIpc) is 2.57. The van der Waals surface area contributed by atoms with E-state index in [1.165, 1.54) is 0 Å². The zero-order chi connectivity index (χ0) is 15.5. The summed E-state index contributed by atoms with van der Waals surface area (Å²) >= 11 is 0. The minimum absolute atomic E-state index is 0.376. The Kier molecular flexibility index (Phi) is 3.81. The SMILES string of the molecule is C=Cc1c(CN)c(N)c(Nc2ccccc2)c2ccccc12. The largest absolute Gasteiger partial charge is 0.397 e. The van der Waals surface area contributed by atoms with Crippen LogP contribution >= 0.6 is 0 Å². The summed E-state index contributed by atoms with van der Waals surface area (Å²) in [4.78, 5) is 0. The van der Waals surface area contributed by atoms with E-state index < -0.39 is 0 Å². The Hall–Kier alpha value is -2.78. The van der Waals surface area contributed by atoms with Crippen LogP contribution in [0.1, 0.15) is 11.1 Å². The Balaban J connectivity index is 2.29. The van der Waals surface area contributed by atoms with Crippen LogP contribution in [-0.4, -0.2) is 0 Å². The molecular weight excluding hydrogens is 270 g/mol. The highest BCUT2D eigenvalue weighted by atomic mass is 14.9. The summed E-state index contributed by atoms with van der Waals surface area (Å²) in [7, 11) is 0. The van der Waals surface area contributed by atoms with Crippen LogP contribution in [0.2, 0.25) is 0 Å². The number of nitrogens with two attached hydrogens (primary N) is 2. The summed E-state index contributed by atoms with van der Waals surface area (Å²) in [6.45, 7) is 4.29. The van der Waals surface area contributed by atoms with E-state index in [0.717, 1.165) is 33.3 Å². The van der Waals surface area contributed by atoms with Crippen LogP contribution in [0.5, 0.6) is 0 Å². The molecule has 0 saturated heterocycles. The maximum Gasteiger partial charge on any atom is 0.0701 e. The topological polar surface area (TPSA) is 64.1 Å². The van der Waals surface area contributed by atoms with Gasteiger partial charge in [-0.3, -0.25) is 0 Å². The second-order valence-corrected chi connectivity index (χ2v) is 5.13. The number of benzene rings is 3. The Morgan fingerprint density at radius 1 is 0.955 bits per heavy atom. The molecule has 0 aliphatic heterocycles. The van der Waals surface area contributed by atoms with Crippen molar-refractivity contribution < 1.29 is 0 Å². The summed E-state index contributed by atoms with van der Waals surface area (Å²) < 4.78 is 0. The number of nitrogen functional groups attached to an aromatic ring is 1. The van der Waals surface area contributed by atoms with Gasteiger partial charge in [0.1, 0.15) is 0 Å². The van der Waals surface area contributed by atoms with E-state index in [0.29, 0.717) is 12.2 Å². The molecule has 0 bridgehead atoms. The van der Waals surface area contributed by atoms with E-state index in [9.17, 15) is 0 Å². The van der Waals surface area contributed by atoms with Crippen molar-refractivity contribution in [1.82, 2.24) is 0 Å². The Bertz CT molecular complexity index is 823. The van der Waals surface area contributed by atoms with Crippen molar-refractivity contribution in [3.8, 4) is 0 Å². The lowest BCUT2D eigenvalue weighted by atomic mass is 9.95. The van der Waals surface area contributed by atoms with Gasteiger partial charge in [-0.1, -0.05) is 55.1 Å². The van der Waals surface area contributed by atoms with Gasteiger partial charge in [0.15, 0.2) is 0 Å². The fraction of sp³-hybridized carbons (Fsp3) is 0.0526. The van der Waals surface area contributed by atoms with Crippen LogP contribution in [-0.2, 0) is 6.54 Å². The molecule has 0 saturated carbocycles. The van der Waals surface area contributed by atoms with E-state index in [1.54, 1.807) is 0 Å². The van der Waals surface area contributed by atoms with Gasteiger partial charge in [0.05, 0.1) is 11.4 Å². The van der Waals surface area contributed by atoms with Crippen LogP contribution in [0, 0.1) is 0 Å². The molecule has 3 rings (SSSR count). The Morgan fingerprint density at radius 2 is 1.59 bits per heavy atom. The van der Waals surface area contributed by atoms with E-state index in [4.69, 9.17) is 11.5 Å². The van der Waals surface area contributed by atoms with Gasteiger partial charge < -0.3 is 16.8 Å². The maximum absolute atomic E-state index is 6.39. The minimum Gasteiger partial charge on any atom is -0.397 e. The van der Waals surface area contributed by atoms with Crippen molar-refractivity contribution >= 4 is 33.9 Å². The molecule has 3 heteroatoms. The lowest BCUT2D eigenvalue weighted by Crippen LogP contribution is -2.08. The number of hydrogen-bond acceptors (Lipinski definition) is 3. The third kappa shape index (κ3) is 2.32. The van der Waals surface area contributed by atoms with Crippen LogP contribution < -0.4 is 16.8 Å². The molecule has 5 N–H and O–H groups in total. The summed E-state index contributed by atoms with van der Waals surface area (Å²) in [5.41, 5.74) is 16.8. The fourth-order valence-corrected chi connectivity index (χ4v) is 2.79. The molecule has 0 heterocycles. The zero-order valence-corrected chi connectivity index (χ0v) is 12.3. The molecule has 0 aliphatic rings. The molecular formula is C19H19N3. The molecule has 0 unspecified atom stereocenters. The average molecular weight is 289 g/mol. The highest BCUT2D eigenvalue weighted by Gasteiger charge is 2.15. The smallest absolute Gasteiger partial charge is 0.0701 e. The highest BCUT2D eigenvalue weighted by molar-refractivity contribution is 6.06. The minimum atomic E-state index is 0.376. The van der Waals surface area contributed by atoms with Gasteiger partial charge in [0.2, 0.25) is 0 Å². The zero-order valence-electron chi connectivity index (χ0n) is 12.3. The van der Waals surface area contributed by atoms with Crippen molar-refractivity contribution in [2.75, 3.05) is 11.1 Å². The van der Waals surface area contributed by atoms with Crippen molar-refractivity contribution in [3.05, 3.63) is 72.3 Å². The van der Waals surface area contributed by atoms with Crippen LogP contribution in [0.4, 0.5) is 17.1 Å². The molecule has 3 aromatic carbocycles. The predicted molar refractivity (Wildman–Crippen MR) is 96.1 cm³/mol. The Morgan fingerprint density at radius 3 is 2.23 bits per heavy atom. The van der Waals surface area contributed by atoms with Crippen molar-refractivity contribution in [2.45, 2.75) is 6.54 Å². The Labute approximate surface area is 130 Å². The van der Waals surface area contributed by atoms with Crippen LogP contribution in [0.15, 0.2) is 61.2 Å². The number of nitrogens with one attached hydrogen (secondary N) is 1. The molecule has 0 spiro atoms. The number of para-hydroxylation sites is 1. The molecule has 0 aliphatic carbocycles. The van der Waals surface area contributed by atoms with Gasteiger partial charge in [-0.25, -0.2) is 0 Å². The standard InChI is InChI=1S/C19H19N3/c1-2-14-15-10-6-7-11-16(15)19(18(21)17(14)12-20)22-13-8-4-3-5-9-13/h2-11,22H,1,12,20-21H2. The van der Waals surface area contributed by atoms with Gasteiger partial charge in [0, 0.05) is 17.6 Å². The monoisotopic (exact) mass is 289 g/mol. The number of anilines is 3. The fourth-order valence-electron chi connectivity index (χ4n) is 2.79. The first-order valence-corrected chi connectivity index (χ1v) is 7.24. The van der Waals surface area contributed by atoms with E-state index in [1.807, 2.05) is 48.5 Å². The van der Waals surface area contributed by atoms with Crippen LogP contribution in [0.3, 0.4) is 0 Å². The second-order valence-electron chi connectivity index (χ2n) is 5.13. The molecule has 0 aromatic heterocycles. The van der Waals surface area contributed by atoms with E-state index in [2.05, 4.69) is 24.0 Å². The summed E-state index contributed by atoms with van der Waals surface area (Å²) in [6, 6.07) is 18.1. The van der Waals surface area contributed by atoms with E-state index in [-0.39, 0.29) is 0 Å². The molecule has 22 heavy (non-hydrogen) atoms. The van der Waals surface area contributed by atoms with Gasteiger partial charge >= 0.3 is 0 Å². The van der Waals surface area contributed by atoms with Crippen molar-refractivity contribution in [1.29, 1.82) is 0 Å². The third-order valence-corrected chi connectivity index (χ3v) is 3.86. The molecule has 110 valence electrons. The van der Waals surface area contributed by atoms with Gasteiger partial charge in [-0.2, -0.15) is 0 Å². The normalized spacial score (nSPS) is 10.6. The molecule has 0 radical (unpaired) electrons. The van der Waals surface area contributed by atoms with Crippen LogP contribution in [0.25, 0.3) is 16.8 Å². The summed E-state index contributed by atoms with van der Waals surface area (Å²) in [5, 5.41) is 5.59. The molecule has 0 atom stereocenters. The predicted octanol–water partition coefficient (Wildman–Crippen LogP) is 4.27. The lowest BCUT2D eigenvalue weighted by Gasteiger charge is -2.19. The highest BCUT2D eigenvalue weighted by Crippen LogP contribution is 2.38. The molecule has 0 fully saturated rings. The first-order chi connectivity index (χ1) is 10.8. The third-order valence-electron chi connectivity index (χ3n) is 3.86. The number of rotatable bonds is 4. The van der Waals surface area contributed by atoms with E-state index >= 15 is 0 Å². The molecule has 3 nitrogen and oxygen atoms in total. The van der Waals surface area contributed by atoms with Crippen molar-refractivity contribution in [3.63, 3.8) is 0 Å². The molecule has 0 amide bonds. The number of hydrogen-bond donors (Lipinski definition) is 3. The van der Waals surface area contributed by atoms with Gasteiger partial charge in [0.25, 0.3) is 0 Å². The maximum atomic E-state index is 6.39. The number of fused-ring (bicyclic) bond motifs is 1. The lowest BCUT2D eigenvalue weighted by molar-refractivity contribution is 1.07. The van der Waals surface area contributed by atoms with Gasteiger partial charge in [-0.05, 0) is 28.6 Å². The van der Waals surface area contributed by atoms with Gasteiger partial charge in [-0.15, -0.1) is 0 Å². The molecule has 3 aromatic rings. The quantitative estimate of drug-likeness (QED) is 0.628. The first-order valence-electron chi connectivity index (χ1n) is 7.24. The van der Waals surface area contributed by atoms with Crippen molar-refractivity contribution in [2.24, 2.45) is 5.73 Å². The second kappa shape index (κ2) is 5.92. The first kappa shape index (κ1) is 14.2. The summed E-state index contributed by atoms with van der Waals surface area (Å²) in [6.07, 6.45) is 1.83.